The lowest BCUT2D eigenvalue weighted by molar-refractivity contribution is 0.273. The van der Waals surface area contributed by atoms with E-state index >= 15 is 0 Å². The van der Waals surface area contributed by atoms with Crippen LogP contribution in [-0.2, 0) is 13.6 Å². The van der Waals surface area contributed by atoms with Gasteiger partial charge in [-0.25, -0.2) is 0 Å². The summed E-state index contributed by atoms with van der Waals surface area (Å²) in [5, 5.41) is 15.0. The lowest BCUT2D eigenvalue weighted by Gasteiger charge is -2.20. The van der Waals surface area contributed by atoms with Gasteiger partial charge in [-0.2, -0.15) is 4.80 Å². The molecule has 0 aromatic carbocycles. The van der Waals surface area contributed by atoms with Crippen molar-refractivity contribution in [3.8, 4) is 0 Å². The second-order valence-corrected chi connectivity index (χ2v) is 3.95. The largest absolute Gasteiger partial charge is 0.308 e. The van der Waals surface area contributed by atoms with Gasteiger partial charge in [0.2, 0.25) is 0 Å². The predicted molar refractivity (Wildman–Crippen MR) is 58.3 cm³/mol. The average molecular weight is 212 g/mol. The van der Waals surface area contributed by atoms with Gasteiger partial charge in [-0.05, 0) is 26.1 Å². The number of likely N-dealkylation sites (N-methyl/N-ethyl adjacent to an activating group) is 1. The Balaban J connectivity index is 2.12. The topological polar surface area (TPSA) is 58.9 Å². The van der Waals surface area contributed by atoms with Gasteiger partial charge >= 0.3 is 0 Å². The van der Waals surface area contributed by atoms with E-state index in [0.717, 1.165) is 18.9 Å². The highest BCUT2D eigenvalue weighted by atomic mass is 15.6. The molecule has 86 valence electrons. The third-order valence-corrected chi connectivity index (χ3v) is 2.36. The molecule has 0 fully saturated rings. The van der Waals surface area contributed by atoms with Gasteiger partial charge in [-0.15, -0.1) is 10.2 Å². The first kappa shape index (κ1) is 12.1. The van der Waals surface area contributed by atoms with Crippen molar-refractivity contribution in [2.24, 2.45) is 7.05 Å². The highest BCUT2D eigenvalue weighted by Crippen LogP contribution is 1.91. The van der Waals surface area contributed by atoms with Crippen LogP contribution in [0, 0.1) is 0 Å². The molecule has 0 unspecified atom stereocenters. The van der Waals surface area contributed by atoms with E-state index in [9.17, 15) is 0 Å². The molecule has 1 N–H and O–H groups in total. The Morgan fingerprint density at radius 3 is 2.73 bits per heavy atom. The highest BCUT2D eigenvalue weighted by Gasteiger charge is 2.03. The summed E-state index contributed by atoms with van der Waals surface area (Å²) in [6.07, 6.45) is 0. The summed E-state index contributed by atoms with van der Waals surface area (Å²) in [4.78, 5) is 3.76. The first-order chi connectivity index (χ1) is 7.09. The van der Waals surface area contributed by atoms with Gasteiger partial charge in [-0.1, -0.05) is 0 Å². The summed E-state index contributed by atoms with van der Waals surface area (Å²) in [6, 6.07) is 0.585. The van der Waals surface area contributed by atoms with Gasteiger partial charge < -0.3 is 10.2 Å². The van der Waals surface area contributed by atoms with Crippen LogP contribution in [0.3, 0.4) is 0 Å². The van der Waals surface area contributed by atoms with Crippen molar-refractivity contribution in [1.82, 2.24) is 30.4 Å². The number of aryl methyl sites for hydroxylation is 1. The lowest BCUT2D eigenvalue weighted by atomic mass is 10.3. The minimum absolute atomic E-state index is 0.585. The molecule has 0 atom stereocenters. The maximum Gasteiger partial charge on any atom is 0.188 e. The number of tetrazole rings is 1. The fourth-order valence-corrected chi connectivity index (χ4v) is 1.11. The molecular weight excluding hydrogens is 192 g/mol. The number of hydrogen-bond donors (Lipinski definition) is 1. The monoisotopic (exact) mass is 212 g/mol. The molecule has 1 aromatic rings. The van der Waals surface area contributed by atoms with Crippen molar-refractivity contribution < 1.29 is 0 Å². The first-order valence-corrected chi connectivity index (χ1v) is 5.23. The van der Waals surface area contributed by atoms with Gasteiger partial charge in [0, 0.05) is 19.1 Å². The van der Waals surface area contributed by atoms with Gasteiger partial charge in [0.1, 0.15) is 0 Å². The first-order valence-electron chi connectivity index (χ1n) is 5.23. The maximum absolute atomic E-state index is 4.08. The van der Waals surface area contributed by atoms with Crippen LogP contribution in [0.4, 0.5) is 0 Å². The lowest BCUT2D eigenvalue weighted by Crippen LogP contribution is -2.33. The summed E-state index contributed by atoms with van der Waals surface area (Å²) < 4.78 is 0. The van der Waals surface area contributed by atoms with Crippen molar-refractivity contribution in [3.63, 3.8) is 0 Å². The number of aromatic nitrogens is 4. The number of nitrogens with one attached hydrogen (secondary N) is 1. The SMILES string of the molecule is CC(C)N(C)CCNCc1nnn(C)n1. The zero-order chi connectivity index (χ0) is 11.3. The van der Waals surface area contributed by atoms with Crippen molar-refractivity contribution in [3.05, 3.63) is 5.82 Å². The fourth-order valence-electron chi connectivity index (χ4n) is 1.11. The Bertz CT molecular complexity index is 282. The molecule has 0 bridgehead atoms. The summed E-state index contributed by atoms with van der Waals surface area (Å²) in [5.74, 6) is 0.740. The van der Waals surface area contributed by atoms with E-state index in [1.807, 2.05) is 0 Å². The van der Waals surface area contributed by atoms with Gasteiger partial charge in [0.05, 0.1) is 13.6 Å². The maximum atomic E-state index is 4.08. The molecule has 1 rings (SSSR count). The van der Waals surface area contributed by atoms with Crippen LogP contribution in [0.5, 0.6) is 0 Å². The van der Waals surface area contributed by atoms with Gasteiger partial charge in [-0.3, -0.25) is 0 Å². The summed E-state index contributed by atoms with van der Waals surface area (Å²) in [7, 11) is 3.88. The van der Waals surface area contributed by atoms with E-state index in [4.69, 9.17) is 0 Å². The minimum atomic E-state index is 0.585. The second-order valence-electron chi connectivity index (χ2n) is 3.95. The van der Waals surface area contributed by atoms with Gasteiger partial charge in [0.15, 0.2) is 5.82 Å². The van der Waals surface area contributed by atoms with Crippen LogP contribution in [-0.4, -0.2) is 51.3 Å². The van der Waals surface area contributed by atoms with Crippen molar-refractivity contribution in [1.29, 1.82) is 0 Å². The molecule has 0 spiro atoms. The van der Waals surface area contributed by atoms with Crippen molar-refractivity contribution >= 4 is 0 Å². The fraction of sp³-hybridized carbons (Fsp3) is 0.889. The molecule has 0 aliphatic rings. The van der Waals surface area contributed by atoms with E-state index in [-0.39, 0.29) is 0 Å². The second kappa shape index (κ2) is 5.77. The molecular formula is C9H20N6. The van der Waals surface area contributed by atoms with E-state index in [1.165, 1.54) is 4.80 Å². The van der Waals surface area contributed by atoms with Crippen molar-refractivity contribution in [2.45, 2.75) is 26.4 Å². The number of hydrogen-bond acceptors (Lipinski definition) is 5. The minimum Gasteiger partial charge on any atom is -0.308 e. The average Bonchev–Trinajstić information content (AvgIpc) is 2.58. The van der Waals surface area contributed by atoms with Crippen LogP contribution in [0.15, 0.2) is 0 Å². The smallest absolute Gasteiger partial charge is 0.188 e. The van der Waals surface area contributed by atoms with Gasteiger partial charge in [0.25, 0.3) is 0 Å². The molecule has 6 heteroatoms. The summed E-state index contributed by atoms with van der Waals surface area (Å²) in [6.45, 7) is 7.01. The van der Waals surface area contributed by atoms with Crippen LogP contribution < -0.4 is 5.32 Å². The molecule has 0 radical (unpaired) electrons. The van der Waals surface area contributed by atoms with E-state index < -0.39 is 0 Å². The van der Waals surface area contributed by atoms with Crippen LogP contribution >= 0.6 is 0 Å². The van der Waals surface area contributed by atoms with E-state index in [2.05, 4.69) is 46.5 Å². The normalized spacial score (nSPS) is 11.6. The molecule has 0 saturated carbocycles. The molecule has 0 aliphatic carbocycles. The summed E-state index contributed by atoms with van der Waals surface area (Å²) in [5.41, 5.74) is 0. The van der Waals surface area contributed by atoms with Crippen LogP contribution in [0.25, 0.3) is 0 Å². The Morgan fingerprint density at radius 2 is 2.20 bits per heavy atom. The molecule has 0 amide bonds. The quantitative estimate of drug-likeness (QED) is 0.653. The Morgan fingerprint density at radius 1 is 1.47 bits per heavy atom. The zero-order valence-corrected chi connectivity index (χ0v) is 9.93. The zero-order valence-electron chi connectivity index (χ0n) is 9.93. The Hall–Kier alpha value is -1.01. The van der Waals surface area contributed by atoms with Crippen LogP contribution in [0.2, 0.25) is 0 Å². The molecule has 0 aliphatic heterocycles. The highest BCUT2D eigenvalue weighted by molar-refractivity contribution is 4.75. The predicted octanol–water partition coefficient (Wildman–Crippen LogP) is -0.360. The molecule has 15 heavy (non-hydrogen) atoms. The number of rotatable bonds is 6. The Labute approximate surface area is 90.6 Å². The third-order valence-electron chi connectivity index (χ3n) is 2.36. The standard InChI is InChI=1S/C9H20N6/c1-8(2)14(3)6-5-10-7-9-11-13-15(4)12-9/h8,10H,5-7H2,1-4H3. The molecule has 1 heterocycles. The summed E-state index contributed by atoms with van der Waals surface area (Å²) >= 11 is 0. The third kappa shape index (κ3) is 4.35. The molecule has 1 aromatic heterocycles. The Kier molecular flexibility index (Phi) is 4.64. The molecule has 6 nitrogen and oxygen atoms in total. The van der Waals surface area contributed by atoms with E-state index in [1.54, 1.807) is 7.05 Å². The van der Waals surface area contributed by atoms with Crippen LogP contribution in [0.1, 0.15) is 19.7 Å². The van der Waals surface area contributed by atoms with E-state index in [0.29, 0.717) is 12.6 Å². The molecule has 0 saturated heterocycles. The number of nitrogens with zero attached hydrogens (tertiary/aromatic N) is 5. The van der Waals surface area contributed by atoms with Crippen molar-refractivity contribution in [2.75, 3.05) is 20.1 Å².